The Morgan fingerprint density at radius 2 is 1.03 bits per heavy atom. The second kappa shape index (κ2) is 10.5. The Morgan fingerprint density at radius 3 is 1.68 bits per heavy atom. The fourth-order valence-corrected chi connectivity index (χ4v) is 4.72. The van der Waals surface area contributed by atoms with Gasteiger partial charge in [-0.15, -0.1) is 0 Å². The van der Waals surface area contributed by atoms with E-state index in [0.29, 0.717) is 0 Å². The Morgan fingerprint density at radius 1 is 0.421 bits per heavy atom. The highest BCUT2D eigenvalue weighted by Crippen LogP contribution is 2.38. The molecule has 0 atom stereocenters. The molecule has 0 radical (unpaired) electrons. The third kappa shape index (κ3) is 4.95. The van der Waals surface area contributed by atoms with Crippen molar-refractivity contribution in [3.63, 3.8) is 0 Å². The summed E-state index contributed by atoms with van der Waals surface area (Å²) in [6.07, 6.45) is 3.70. The maximum absolute atomic E-state index is 4.63. The van der Waals surface area contributed by atoms with Crippen molar-refractivity contribution in [3.05, 3.63) is 151 Å². The maximum Gasteiger partial charge on any atom is 0.0705 e. The number of benzene rings is 4. The summed E-state index contributed by atoms with van der Waals surface area (Å²) in [4.78, 5) is 11.5. The van der Waals surface area contributed by atoms with Crippen molar-refractivity contribution in [1.29, 1.82) is 0 Å². The van der Waals surface area contributed by atoms with Crippen LogP contribution in [0.3, 0.4) is 0 Å². The van der Waals surface area contributed by atoms with E-state index in [-0.39, 0.29) is 0 Å². The van der Waals surface area contributed by atoms with Gasteiger partial charge >= 0.3 is 0 Å². The summed E-state index contributed by atoms with van der Waals surface area (Å²) in [6, 6.07) is 46.5. The zero-order chi connectivity index (χ0) is 25.7. The minimum atomic E-state index is 0.950. The number of aromatic nitrogens is 2. The van der Waals surface area contributed by atoms with Crippen LogP contribution in [0.5, 0.6) is 0 Å². The molecule has 6 aromatic rings. The Balaban J connectivity index is 1.47. The van der Waals surface area contributed by atoms with Crippen LogP contribution >= 0.6 is 0 Å². The molecule has 182 valence electrons. The van der Waals surface area contributed by atoms with Crippen molar-refractivity contribution in [2.45, 2.75) is 6.92 Å². The number of nitrogens with zero attached hydrogens (tertiary/aromatic N) is 3. The van der Waals surface area contributed by atoms with Crippen LogP contribution in [0.1, 0.15) is 5.56 Å². The molecule has 0 N–H and O–H groups in total. The zero-order valence-electron chi connectivity index (χ0n) is 21.2. The van der Waals surface area contributed by atoms with Crippen LogP contribution in [0.2, 0.25) is 0 Å². The van der Waals surface area contributed by atoms with Gasteiger partial charge in [0.25, 0.3) is 0 Å². The fraction of sp³-hybridized carbons (Fsp3) is 0.0286. The van der Waals surface area contributed by atoms with Crippen LogP contribution in [-0.4, -0.2) is 9.97 Å². The fourth-order valence-electron chi connectivity index (χ4n) is 4.72. The summed E-state index contributed by atoms with van der Waals surface area (Å²) >= 11 is 0. The van der Waals surface area contributed by atoms with Gasteiger partial charge in [0.1, 0.15) is 0 Å². The number of aryl methyl sites for hydroxylation is 1. The molecule has 38 heavy (non-hydrogen) atoms. The lowest BCUT2D eigenvalue weighted by atomic mass is 10.0. The molecule has 3 nitrogen and oxygen atoms in total. The molecule has 6 rings (SSSR count). The third-order valence-electron chi connectivity index (χ3n) is 6.61. The highest BCUT2D eigenvalue weighted by molar-refractivity contribution is 5.82. The van der Waals surface area contributed by atoms with Crippen molar-refractivity contribution in [2.24, 2.45) is 0 Å². The molecule has 0 bridgehead atoms. The highest BCUT2D eigenvalue weighted by Gasteiger charge is 2.15. The van der Waals surface area contributed by atoms with Crippen molar-refractivity contribution in [3.8, 4) is 33.6 Å². The number of hydrogen-bond acceptors (Lipinski definition) is 3. The first kappa shape index (κ1) is 23.4. The van der Waals surface area contributed by atoms with Gasteiger partial charge in [-0.1, -0.05) is 72.8 Å². The van der Waals surface area contributed by atoms with E-state index in [2.05, 4.69) is 125 Å². The molecule has 0 amide bonds. The van der Waals surface area contributed by atoms with Crippen molar-refractivity contribution < 1.29 is 0 Å². The maximum atomic E-state index is 4.63. The molecule has 0 fully saturated rings. The van der Waals surface area contributed by atoms with Crippen LogP contribution in [0.4, 0.5) is 17.1 Å². The minimum absolute atomic E-state index is 0.950. The van der Waals surface area contributed by atoms with E-state index in [1.165, 1.54) is 16.7 Å². The first-order chi connectivity index (χ1) is 18.7. The number of rotatable bonds is 6. The summed E-state index contributed by atoms with van der Waals surface area (Å²) in [7, 11) is 0. The number of hydrogen-bond donors (Lipinski definition) is 0. The Hall–Kier alpha value is -5.02. The average molecular weight is 490 g/mol. The van der Waals surface area contributed by atoms with Crippen molar-refractivity contribution in [2.75, 3.05) is 4.90 Å². The van der Waals surface area contributed by atoms with Gasteiger partial charge in [-0.3, -0.25) is 9.97 Å². The summed E-state index contributed by atoms with van der Waals surface area (Å²) in [5.41, 5.74) is 10.9. The molecule has 2 heterocycles. The van der Waals surface area contributed by atoms with Gasteiger partial charge in [0.2, 0.25) is 0 Å². The molecule has 0 unspecified atom stereocenters. The van der Waals surface area contributed by atoms with Crippen LogP contribution < -0.4 is 4.90 Å². The Kier molecular flexibility index (Phi) is 6.48. The predicted molar refractivity (Wildman–Crippen MR) is 158 cm³/mol. The van der Waals surface area contributed by atoms with Crippen LogP contribution in [0.25, 0.3) is 33.6 Å². The quantitative estimate of drug-likeness (QED) is 0.233. The zero-order valence-corrected chi connectivity index (χ0v) is 21.2. The minimum Gasteiger partial charge on any atom is -0.310 e. The summed E-state index contributed by atoms with van der Waals surface area (Å²) in [5.74, 6) is 0. The van der Waals surface area contributed by atoms with E-state index >= 15 is 0 Å². The monoisotopic (exact) mass is 489 g/mol. The topological polar surface area (TPSA) is 29.0 Å². The first-order valence-corrected chi connectivity index (χ1v) is 12.7. The summed E-state index contributed by atoms with van der Waals surface area (Å²) in [5, 5.41) is 0. The van der Waals surface area contributed by atoms with Crippen LogP contribution in [-0.2, 0) is 0 Å². The molecular weight excluding hydrogens is 462 g/mol. The van der Waals surface area contributed by atoms with Crippen LogP contribution in [0.15, 0.2) is 146 Å². The molecular formula is C35H27N3. The largest absolute Gasteiger partial charge is 0.310 e. The van der Waals surface area contributed by atoms with E-state index in [4.69, 9.17) is 0 Å². The van der Waals surface area contributed by atoms with E-state index in [1.54, 1.807) is 0 Å². The standard InChI is InChI=1S/C35H27N3/c1-26-20-22-37-35(23-26)30-12-8-14-33(25-30)38(31-18-16-28(17-19-31)27-9-3-2-4-10-27)32-13-7-11-29(24-32)34-15-5-6-21-36-34/h2-25H,1H3. The molecule has 2 aromatic heterocycles. The number of anilines is 3. The molecule has 0 saturated heterocycles. The molecule has 0 spiro atoms. The molecule has 0 aliphatic heterocycles. The second-order valence-corrected chi connectivity index (χ2v) is 9.28. The average Bonchev–Trinajstić information content (AvgIpc) is 2.99. The summed E-state index contributed by atoms with van der Waals surface area (Å²) < 4.78 is 0. The van der Waals surface area contributed by atoms with Gasteiger partial charge < -0.3 is 4.90 Å². The van der Waals surface area contributed by atoms with E-state index in [9.17, 15) is 0 Å². The molecule has 0 saturated carbocycles. The van der Waals surface area contributed by atoms with Gasteiger partial charge in [-0.25, -0.2) is 0 Å². The lowest BCUT2D eigenvalue weighted by Gasteiger charge is -2.26. The van der Waals surface area contributed by atoms with E-state index in [0.717, 1.165) is 39.6 Å². The van der Waals surface area contributed by atoms with Crippen molar-refractivity contribution in [1.82, 2.24) is 9.97 Å². The smallest absolute Gasteiger partial charge is 0.0705 e. The van der Waals surface area contributed by atoms with Gasteiger partial charge in [-0.05, 0) is 84.3 Å². The SMILES string of the molecule is Cc1ccnc(-c2cccc(N(c3ccc(-c4ccccc4)cc3)c3cccc(-c4ccccn4)c3)c2)c1. The third-order valence-corrected chi connectivity index (χ3v) is 6.61. The summed E-state index contributed by atoms with van der Waals surface area (Å²) in [6.45, 7) is 2.10. The predicted octanol–water partition coefficient (Wildman–Crippen LogP) is 9.26. The van der Waals surface area contributed by atoms with Gasteiger partial charge in [-0.2, -0.15) is 0 Å². The number of pyridine rings is 2. The highest BCUT2D eigenvalue weighted by atomic mass is 15.1. The van der Waals surface area contributed by atoms with Crippen molar-refractivity contribution >= 4 is 17.1 Å². The van der Waals surface area contributed by atoms with Gasteiger partial charge in [0.05, 0.1) is 11.4 Å². The van der Waals surface area contributed by atoms with E-state index < -0.39 is 0 Å². The second-order valence-electron chi connectivity index (χ2n) is 9.28. The van der Waals surface area contributed by atoms with Crippen LogP contribution in [0, 0.1) is 6.92 Å². The van der Waals surface area contributed by atoms with E-state index in [1.807, 2.05) is 42.7 Å². The molecule has 4 aromatic carbocycles. The molecule has 0 aliphatic carbocycles. The van der Waals surface area contributed by atoms with Gasteiger partial charge in [0, 0.05) is 40.6 Å². The lowest BCUT2D eigenvalue weighted by Crippen LogP contribution is -2.10. The first-order valence-electron chi connectivity index (χ1n) is 12.7. The lowest BCUT2D eigenvalue weighted by molar-refractivity contribution is 1.26. The molecule has 0 aliphatic rings. The van der Waals surface area contributed by atoms with Gasteiger partial charge in [0.15, 0.2) is 0 Å². The normalized spacial score (nSPS) is 10.8. The Labute approximate surface area is 223 Å². The Bertz CT molecular complexity index is 1660. The molecule has 3 heteroatoms.